The molecule has 1 N–H and O–H groups in total. The third-order valence-corrected chi connectivity index (χ3v) is 8.71. The van der Waals surface area contributed by atoms with Crippen LogP contribution in [0.5, 0.6) is 0 Å². The Balaban J connectivity index is 1.98. The molecule has 0 spiro atoms. The van der Waals surface area contributed by atoms with E-state index in [0.29, 0.717) is 30.1 Å². The summed E-state index contributed by atoms with van der Waals surface area (Å²) in [6.07, 6.45) is 2.69. The molecule has 3 aromatic carbocycles. The summed E-state index contributed by atoms with van der Waals surface area (Å²) in [4.78, 5) is 28.8. The molecule has 214 valence electrons. The summed E-state index contributed by atoms with van der Waals surface area (Å²) in [6.45, 7) is 6.09. The molecule has 2 amide bonds. The zero-order chi connectivity index (χ0) is 29.1. The number of aryl methyl sites for hydroxylation is 1. The third kappa shape index (κ3) is 8.32. The van der Waals surface area contributed by atoms with Gasteiger partial charge in [-0.3, -0.25) is 13.9 Å². The third-order valence-electron chi connectivity index (χ3n) is 6.67. The predicted molar refractivity (Wildman–Crippen MR) is 161 cm³/mol. The average Bonchev–Trinajstić information content (AvgIpc) is 2.94. The van der Waals surface area contributed by atoms with Gasteiger partial charge in [-0.1, -0.05) is 74.3 Å². The van der Waals surface area contributed by atoms with E-state index in [1.54, 1.807) is 18.2 Å². The van der Waals surface area contributed by atoms with Crippen LogP contribution in [0.4, 0.5) is 5.69 Å². The molecule has 3 rings (SSSR count). The first-order chi connectivity index (χ1) is 19.2. The monoisotopic (exact) mass is 583 g/mol. The van der Waals surface area contributed by atoms with Crippen molar-refractivity contribution in [2.24, 2.45) is 0 Å². The molecule has 0 saturated heterocycles. The van der Waals surface area contributed by atoms with Gasteiger partial charge >= 0.3 is 0 Å². The lowest BCUT2D eigenvalue weighted by Crippen LogP contribution is -2.53. The molecule has 0 radical (unpaired) electrons. The van der Waals surface area contributed by atoms with Crippen molar-refractivity contribution in [3.63, 3.8) is 0 Å². The molecule has 0 aliphatic heterocycles. The van der Waals surface area contributed by atoms with E-state index in [-0.39, 0.29) is 17.3 Å². The molecule has 3 aromatic rings. The van der Waals surface area contributed by atoms with Crippen LogP contribution in [0.25, 0.3) is 0 Å². The second-order valence-electron chi connectivity index (χ2n) is 9.70. The Morgan fingerprint density at radius 1 is 0.950 bits per heavy atom. The summed E-state index contributed by atoms with van der Waals surface area (Å²) in [5.41, 5.74) is 2.24. The maximum absolute atomic E-state index is 14.0. The van der Waals surface area contributed by atoms with Gasteiger partial charge in [0.25, 0.3) is 10.0 Å². The smallest absolute Gasteiger partial charge is 0.264 e. The molecule has 0 aromatic heterocycles. The number of rotatable bonds is 14. The molecule has 0 aliphatic carbocycles. The van der Waals surface area contributed by atoms with Crippen LogP contribution in [0.3, 0.4) is 0 Å². The maximum atomic E-state index is 14.0. The van der Waals surface area contributed by atoms with Gasteiger partial charge in [-0.05, 0) is 73.7 Å². The van der Waals surface area contributed by atoms with Gasteiger partial charge in [-0.25, -0.2) is 8.42 Å². The number of hydrogen-bond donors (Lipinski definition) is 1. The molecule has 0 aliphatic rings. The first-order valence-corrected chi connectivity index (χ1v) is 15.4. The number of carbonyl (C=O) groups is 2. The van der Waals surface area contributed by atoms with Crippen molar-refractivity contribution in [1.29, 1.82) is 0 Å². The van der Waals surface area contributed by atoms with Crippen LogP contribution in [0.2, 0.25) is 5.02 Å². The van der Waals surface area contributed by atoms with Crippen LogP contribution < -0.4 is 9.62 Å². The van der Waals surface area contributed by atoms with E-state index in [1.165, 1.54) is 29.2 Å². The fourth-order valence-corrected chi connectivity index (χ4v) is 5.98. The topological polar surface area (TPSA) is 86.8 Å². The Morgan fingerprint density at radius 3 is 2.27 bits per heavy atom. The Hall–Kier alpha value is -3.36. The van der Waals surface area contributed by atoms with E-state index in [0.717, 1.165) is 28.3 Å². The van der Waals surface area contributed by atoms with E-state index in [4.69, 9.17) is 11.6 Å². The molecule has 0 heterocycles. The first-order valence-electron chi connectivity index (χ1n) is 13.6. The average molecular weight is 584 g/mol. The fourth-order valence-electron chi connectivity index (χ4n) is 4.45. The second-order valence-corrected chi connectivity index (χ2v) is 12.0. The lowest BCUT2D eigenvalue weighted by Gasteiger charge is -2.33. The van der Waals surface area contributed by atoms with Gasteiger partial charge in [0.2, 0.25) is 11.8 Å². The minimum Gasteiger partial charge on any atom is -0.354 e. The summed E-state index contributed by atoms with van der Waals surface area (Å²) in [5, 5.41) is 3.35. The normalized spacial score (nSPS) is 12.0. The number of hydrogen-bond acceptors (Lipinski definition) is 4. The standard InChI is InChI=1S/C31H38ClN3O4S/c1-4-6-20-33-31(37)29(5-2)34(21-19-25-12-8-7-9-13-25)30(36)23-35(27-14-10-11-24(3)22-27)40(38,39)28-17-15-26(32)16-18-28/h7-18,22,29H,4-6,19-21,23H2,1-3H3,(H,33,37). The van der Waals surface area contributed by atoms with Crippen molar-refractivity contribution in [3.8, 4) is 0 Å². The minimum absolute atomic E-state index is 0.0198. The number of carbonyl (C=O) groups excluding carboxylic acids is 2. The highest BCUT2D eigenvalue weighted by Gasteiger charge is 2.33. The maximum Gasteiger partial charge on any atom is 0.264 e. The SMILES string of the molecule is CCCCNC(=O)C(CC)N(CCc1ccccc1)C(=O)CN(c1cccc(C)c1)S(=O)(=O)c1ccc(Cl)cc1. The fraction of sp³-hybridized carbons (Fsp3) is 0.355. The molecule has 0 saturated carbocycles. The summed E-state index contributed by atoms with van der Waals surface area (Å²) in [7, 11) is -4.13. The van der Waals surface area contributed by atoms with E-state index in [1.807, 2.05) is 57.2 Å². The van der Waals surface area contributed by atoms with Gasteiger partial charge in [-0.15, -0.1) is 0 Å². The second kappa shape index (κ2) is 14.9. The molecular weight excluding hydrogens is 546 g/mol. The Bertz CT molecular complexity index is 1360. The van der Waals surface area contributed by atoms with Crippen LogP contribution >= 0.6 is 11.6 Å². The first kappa shape index (κ1) is 31.2. The largest absolute Gasteiger partial charge is 0.354 e. The highest BCUT2D eigenvalue weighted by atomic mass is 35.5. The molecule has 0 bridgehead atoms. The Kier molecular flexibility index (Phi) is 11.6. The van der Waals surface area contributed by atoms with Crippen molar-refractivity contribution in [2.75, 3.05) is 23.9 Å². The van der Waals surface area contributed by atoms with Gasteiger partial charge in [0.15, 0.2) is 0 Å². The number of unbranched alkanes of at least 4 members (excludes halogenated alkanes) is 1. The summed E-state index contributed by atoms with van der Waals surface area (Å²) >= 11 is 6.01. The van der Waals surface area contributed by atoms with Crippen LogP contribution in [0, 0.1) is 6.92 Å². The predicted octanol–water partition coefficient (Wildman–Crippen LogP) is 5.61. The van der Waals surface area contributed by atoms with E-state index >= 15 is 0 Å². The van der Waals surface area contributed by atoms with Crippen molar-refractivity contribution < 1.29 is 18.0 Å². The van der Waals surface area contributed by atoms with Crippen LogP contribution in [0.15, 0.2) is 83.8 Å². The van der Waals surface area contributed by atoms with E-state index in [9.17, 15) is 18.0 Å². The number of sulfonamides is 1. The molecule has 40 heavy (non-hydrogen) atoms. The highest BCUT2D eigenvalue weighted by molar-refractivity contribution is 7.92. The van der Waals surface area contributed by atoms with Crippen LogP contribution in [0.1, 0.15) is 44.2 Å². The van der Waals surface area contributed by atoms with Gasteiger partial charge in [0.05, 0.1) is 10.6 Å². The lowest BCUT2D eigenvalue weighted by atomic mass is 10.1. The van der Waals surface area contributed by atoms with E-state index in [2.05, 4.69) is 5.32 Å². The quantitative estimate of drug-likeness (QED) is 0.250. The molecular formula is C31H38ClN3O4S. The lowest BCUT2D eigenvalue weighted by molar-refractivity contribution is -0.139. The van der Waals surface area contributed by atoms with E-state index < -0.39 is 28.5 Å². The zero-order valence-corrected chi connectivity index (χ0v) is 24.9. The number of amides is 2. The van der Waals surface area contributed by atoms with Gasteiger partial charge in [-0.2, -0.15) is 0 Å². The summed E-state index contributed by atoms with van der Waals surface area (Å²) in [6, 6.07) is 21.8. The molecule has 7 nitrogen and oxygen atoms in total. The van der Waals surface area contributed by atoms with Crippen LogP contribution in [-0.4, -0.2) is 50.8 Å². The minimum atomic E-state index is -4.13. The Labute approximate surface area is 243 Å². The van der Waals surface area contributed by atoms with Gasteiger partial charge in [0, 0.05) is 18.1 Å². The molecule has 9 heteroatoms. The number of benzene rings is 3. The molecule has 1 atom stereocenters. The zero-order valence-electron chi connectivity index (χ0n) is 23.3. The Morgan fingerprint density at radius 2 is 1.65 bits per heavy atom. The number of nitrogens with zero attached hydrogens (tertiary/aromatic N) is 2. The summed E-state index contributed by atoms with van der Waals surface area (Å²) in [5.74, 6) is -0.688. The van der Waals surface area contributed by atoms with Gasteiger partial charge < -0.3 is 10.2 Å². The van der Waals surface area contributed by atoms with Crippen LogP contribution in [-0.2, 0) is 26.0 Å². The molecule has 1 unspecified atom stereocenters. The van der Waals surface area contributed by atoms with Crippen molar-refractivity contribution >= 4 is 39.1 Å². The number of nitrogens with one attached hydrogen (secondary N) is 1. The van der Waals surface area contributed by atoms with Crippen molar-refractivity contribution in [3.05, 3.63) is 95.0 Å². The highest BCUT2D eigenvalue weighted by Crippen LogP contribution is 2.26. The van der Waals surface area contributed by atoms with Crippen molar-refractivity contribution in [1.82, 2.24) is 10.2 Å². The number of halogens is 1. The number of anilines is 1. The van der Waals surface area contributed by atoms with Crippen molar-refractivity contribution in [2.45, 2.75) is 57.4 Å². The summed E-state index contributed by atoms with van der Waals surface area (Å²) < 4.78 is 28.9. The van der Waals surface area contributed by atoms with Gasteiger partial charge in [0.1, 0.15) is 12.6 Å². The molecule has 0 fully saturated rings.